The molecule has 1 fully saturated rings. The van der Waals surface area contributed by atoms with Crippen LogP contribution >= 0.6 is 0 Å². The van der Waals surface area contributed by atoms with Gasteiger partial charge in [-0.2, -0.15) is 0 Å². The van der Waals surface area contributed by atoms with E-state index in [-0.39, 0.29) is 5.22 Å². The van der Waals surface area contributed by atoms with Crippen molar-refractivity contribution in [2.24, 2.45) is 0 Å². The lowest BCUT2D eigenvalue weighted by molar-refractivity contribution is -0.0426. The van der Waals surface area contributed by atoms with Crippen molar-refractivity contribution in [3.8, 4) is 5.75 Å². The van der Waals surface area contributed by atoms with E-state index in [9.17, 15) is 0 Å². The summed E-state index contributed by atoms with van der Waals surface area (Å²) in [5.41, 5.74) is 0. The first kappa shape index (κ1) is 23.2. The lowest BCUT2D eigenvalue weighted by atomic mass is 10.1. The molecule has 1 heterocycles. The second-order valence-electron chi connectivity index (χ2n) is 6.35. The second-order valence-corrected chi connectivity index (χ2v) is 9.85. The highest BCUT2D eigenvalue weighted by Crippen LogP contribution is 2.42. The monoisotopic (exact) mass is 382 g/mol. The Morgan fingerprint density at radius 3 is 2.00 bits per heavy atom. The van der Waals surface area contributed by atoms with Gasteiger partial charge < -0.3 is 18.3 Å². The average molecular weight is 383 g/mol. The molecule has 1 aliphatic heterocycles. The van der Waals surface area contributed by atoms with Crippen LogP contribution in [0.25, 0.3) is 0 Å². The van der Waals surface area contributed by atoms with Crippen LogP contribution in [0.5, 0.6) is 5.75 Å². The number of hydrogen-bond donors (Lipinski definition) is 0. The number of benzene rings is 1. The van der Waals surface area contributed by atoms with Gasteiger partial charge in [0, 0.05) is 19.8 Å². The summed E-state index contributed by atoms with van der Waals surface area (Å²) < 4.78 is 23.7. The Hall–Kier alpha value is -0.883. The molecule has 1 unspecified atom stereocenters. The first-order chi connectivity index (χ1) is 12.6. The molecule has 150 valence electrons. The van der Waals surface area contributed by atoms with Crippen LogP contribution in [0.4, 0.5) is 0 Å². The molecule has 0 aliphatic carbocycles. The Kier molecular flexibility index (Phi) is 11.1. The van der Waals surface area contributed by atoms with Gasteiger partial charge in [0.2, 0.25) is 0 Å². The minimum atomic E-state index is -2.21. The zero-order valence-corrected chi connectivity index (χ0v) is 18.4. The van der Waals surface area contributed by atoms with Crippen molar-refractivity contribution in [3.05, 3.63) is 30.3 Å². The molecule has 0 spiro atoms. The van der Waals surface area contributed by atoms with Gasteiger partial charge >= 0.3 is 8.56 Å². The number of para-hydroxylation sites is 1. The summed E-state index contributed by atoms with van der Waals surface area (Å²) in [7, 11) is -2.21. The highest BCUT2D eigenvalue weighted by molar-refractivity contribution is 6.70. The maximum absolute atomic E-state index is 6.16. The number of rotatable bonds is 9. The number of ether oxygens (including phenoxy) is 2. The molecule has 1 atom stereocenters. The van der Waals surface area contributed by atoms with Crippen molar-refractivity contribution < 1.29 is 18.3 Å². The molecule has 4 nitrogen and oxygen atoms in total. The second kappa shape index (κ2) is 12.5. The molecule has 1 aliphatic rings. The van der Waals surface area contributed by atoms with Gasteiger partial charge in [0.1, 0.15) is 11.0 Å². The molecule has 0 radical (unpaired) electrons. The molecule has 0 amide bonds. The minimum Gasteiger partial charge on any atom is -0.494 e. The van der Waals surface area contributed by atoms with Gasteiger partial charge in [-0.05, 0) is 58.7 Å². The summed E-state index contributed by atoms with van der Waals surface area (Å²) >= 11 is 0. The van der Waals surface area contributed by atoms with Crippen molar-refractivity contribution in [1.29, 1.82) is 0 Å². The lowest BCUT2D eigenvalue weighted by Gasteiger charge is -2.49. The fourth-order valence-corrected chi connectivity index (χ4v) is 8.25. The van der Waals surface area contributed by atoms with Gasteiger partial charge in [0.15, 0.2) is 0 Å². The van der Waals surface area contributed by atoms with Crippen LogP contribution < -0.4 is 4.74 Å². The molecule has 2 rings (SSSR count). The third-order valence-electron chi connectivity index (χ3n) is 4.83. The van der Waals surface area contributed by atoms with Gasteiger partial charge in [-0.15, -0.1) is 0 Å². The average Bonchev–Trinajstić information content (AvgIpc) is 2.66. The Morgan fingerprint density at radius 1 is 0.846 bits per heavy atom. The van der Waals surface area contributed by atoms with Gasteiger partial charge in [0.25, 0.3) is 0 Å². The molecular weight excluding hydrogens is 344 g/mol. The normalized spacial score (nSPS) is 21.6. The summed E-state index contributed by atoms with van der Waals surface area (Å²) in [6.45, 7) is 13.4. The maximum atomic E-state index is 6.16. The fraction of sp³-hybridized carbons (Fsp3) is 0.714. The predicted octanol–water partition coefficient (Wildman–Crippen LogP) is 5.50. The maximum Gasteiger partial charge on any atom is 0.371 e. The van der Waals surface area contributed by atoms with Gasteiger partial charge in [-0.25, -0.2) is 0 Å². The highest BCUT2D eigenvalue weighted by atomic mass is 28.4. The van der Waals surface area contributed by atoms with Crippen molar-refractivity contribution in [2.45, 2.75) is 71.6 Å². The summed E-state index contributed by atoms with van der Waals surface area (Å²) in [4.78, 5) is 0. The van der Waals surface area contributed by atoms with Crippen molar-refractivity contribution in [1.82, 2.24) is 0 Å². The largest absolute Gasteiger partial charge is 0.494 e. The third kappa shape index (κ3) is 6.08. The number of hydrogen-bond acceptors (Lipinski definition) is 4. The van der Waals surface area contributed by atoms with E-state index < -0.39 is 8.56 Å². The summed E-state index contributed by atoms with van der Waals surface area (Å²) in [6, 6.07) is 10.9. The van der Waals surface area contributed by atoms with Crippen molar-refractivity contribution in [2.75, 3.05) is 26.4 Å². The van der Waals surface area contributed by atoms with E-state index in [1.807, 2.05) is 37.3 Å². The molecule has 0 N–H and O–H groups in total. The van der Waals surface area contributed by atoms with Crippen LogP contribution in [-0.4, -0.2) is 40.2 Å². The van der Waals surface area contributed by atoms with E-state index in [0.29, 0.717) is 0 Å². The quantitative estimate of drug-likeness (QED) is 0.529. The Morgan fingerprint density at radius 2 is 1.50 bits per heavy atom. The lowest BCUT2D eigenvalue weighted by Crippen LogP contribution is -2.65. The van der Waals surface area contributed by atoms with E-state index in [1.165, 1.54) is 12.8 Å². The first-order valence-corrected chi connectivity index (χ1v) is 12.3. The zero-order valence-electron chi connectivity index (χ0n) is 17.4. The topological polar surface area (TPSA) is 36.9 Å². The standard InChI is InChI=1S/C13H28O3Si.C8H10O/c1-5-13(14-6-2)11-9-10-12-17(13,15-7-3)16-8-4;1-2-9-8-6-4-3-5-7-8/h5-12H2,1-4H3;3-7H,2H2,1H3. The van der Waals surface area contributed by atoms with Crippen LogP contribution in [-0.2, 0) is 13.6 Å². The smallest absolute Gasteiger partial charge is 0.371 e. The zero-order chi connectivity index (χ0) is 19.3. The van der Waals surface area contributed by atoms with Crippen LogP contribution in [0.3, 0.4) is 0 Å². The molecule has 1 aromatic carbocycles. The Bertz CT molecular complexity index is 453. The molecule has 0 aromatic heterocycles. The van der Waals surface area contributed by atoms with Crippen molar-refractivity contribution >= 4 is 8.56 Å². The molecule has 5 heteroatoms. The molecule has 1 aromatic rings. The molecule has 0 saturated carbocycles. The summed E-state index contributed by atoms with van der Waals surface area (Å²) in [5.74, 6) is 0.944. The van der Waals surface area contributed by atoms with Gasteiger partial charge in [-0.1, -0.05) is 38.0 Å². The van der Waals surface area contributed by atoms with E-state index >= 15 is 0 Å². The third-order valence-corrected chi connectivity index (χ3v) is 9.49. The van der Waals surface area contributed by atoms with E-state index in [1.54, 1.807) is 0 Å². The highest BCUT2D eigenvalue weighted by Gasteiger charge is 2.58. The van der Waals surface area contributed by atoms with E-state index in [2.05, 4.69) is 27.7 Å². The molecule has 26 heavy (non-hydrogen) atoms. The van der Waals surface area contributed by atoms with Gasteiger partial charge in [-0.3, -0.25) is 0 Å². The first-order valence-electron chi connectivity index (χ1n) is 10.2. The SMILES string of the molecule is CCOC1(CC)CCCC[Si]1(OCC)OCC.CCOc1ccccc1. The van der Waals surface area contributed by atoms with Crippen LogP contribution in [0.1, 0.15) is 60.3 Å². The van der Waals surface area contributed by atoms with Crippen molar-refractivity contribution in [3.63, 3.8) is 0 Å². The minimum absolute atomic E-state index is 0.119. The van der Waals surface area contributed by atoms with Crippen LogP contribution in [0.15, 0.2) is 30.3 Å². The Balaban J connectivity index is 0.000000314. The molecular formula is C21H38O4Si. The predicted molar refractivity (Wildman–Crippen MR) is 110 cm³/mol. The molecule has 1 saturated heterocycles. The fourth-order valence-electron chi connectivity index (χ4n) is 3.79. The van der Waals surface area contributed by atoms with E-state index in [4.69, 9.17) is 18.3 Å². The van der Waals surface area contributed by atoms with Crippen LogP contribution in [0.2, 0.25) is 6.04 Å². The van der Waals surface area contributed by atoms with Gasteiger partial charge in [0.05, 0.1) is 6.61 Å². The Labute approximate surface area is 161 Å². The molecule has 0 bridgehead atoms. The van der Waals surface area contributed by atoms with E-state index in [0.717, 1.165) is 51.1 Å². The summed E-state index contributed by atoms with van der Waals surface area (Å²) in [5, 5.41) is -0.119. The summed E-state index contributed by atoms with van der Waals surface area (Å²) in [6.07, 6.45) is 4.57. The van der Waals surface area contributed by atoms with Crippen LogP contribution in [0, 0.1) is 0 Å².